The summed E-state index contributed by atoms with van der Waals surface area (Å²) in [6, 6.07) is 15.1. The molecule has 1 aliphatic rings. The first-order valence-electron chi connectivity index (χ1n) is 10.6. The van der Waals surface area contributed by atoms with Crippen LogP contribution in [0.2, 0.25) is 0 Å². The van der Waals surface area contributed by atoms with E-state index in [2.05, 4.69) is 20.6 Å². The van der Waals surface area contributed by atoms with Gasteiger partial charge in [0.2, 0.25) is 5.91 Å². The number of hydrogen-bond acceptors (Lipinski definition) is 5. The van der Waals surface area contributed by atoms with E-state index in [1.807, 2.05) is 0 Å². The van der Waals surface area contributed by atoms with Crippen molar-refractivity contribution in [2.45, 2.75) is 12.6 Å². The van der Waals surface area contributed by atoms with Crippen LogP contribution in [0.25, 0.3) is 6.08 Å². The number of benzene rings is 2. The Hall–Kier alpha value is -4.14. The van der Waals surface area contributed by atoms with Gasteiger partial charge in [-0.1, -0.05) is 18.2 Å². The fraction of sp³-hybridized carbons (Fsp3) is 0.160. The zero-order chi connectivity index (χ0) is 24.0. The van der Waals surface area contributed by atoms with Crippen molar-refractivity contribution in [3.8, 4) is 11.5 Å². The van der Waals surface area contributed by atoms with E-state index in [-0.39, 0.29) is 5.69 Å². The third-order valence-electron chi connectivity index (χ3n) is 4.85. The minimum Gasteiger partial charge on any atom is -0.457 e. The van der Waals surface area contributed by atoms with E-state index in [9.17, 15) is 18.0 Å². The van der Waals surface area contributed by atoms with Crippen LogP contribution in [0.4, 0.5) is 18.9 Å². The molecule has 0 bridgehead atoms. The van der Waals surface area contributed by atoms with Gasteiger partial charge in [-0.15, -0.1) is 0 Å². The molecule has 9 heteroatoms. The summed E-state index contributed by atoms with van der Waals surface area (Å²) < 4.78 is 44.4. The summed E-state index contributed by atoms with van der Waals surface area (Å²) in [6.45, 7) is 1.60. The Balaban J connectivity index is 1.41. The number of anilines is 1. The second kappa shape index (κ2) is 10.2. The molecule has 0 atom stereocenters. The molecule has 0 fully saturated rings. The summed E-state index contributed by atoms with van der Waals surface area (Å²) >= 11 is 0. The smallest absolute Gasteiger partial charge is 0.416 e. The van der Waals surface area contributed by atoms with E-state index in [0.717, 1.165) is 37.5 Å². The second-order valence-electron chi connectivity index (χ2n) is 7.46. The summed E-state index contributed by atoms with van der Waals surface area (Å²) in [4.78, 5) is 20.9. The highest BCUT2D eigenvalue weighted by Gasteiger charge is 2.30. The van der Waals surface area contributed by atoms with Gasteiger partial charge in [-0.05, 0) is 54.5 Å². The molecule has 0 saturated carbocycles. The summed E-state index contributed by atoms with van der Waals surface area (Å²) in [5, 5.41) is 5.66. The Bertz CT molecular complexity index is 1240. The SMILES string of the molecule is O=C(C=Cc1cccc(Oc2ccnc(C3=NCCCN3)c2)c1)Nc1cccc(C(F)(F)F)c1. The Morgan fingerprint density at radius 1 is 1.06 bits per heavy atom. The lowest BCUT2D eigenvalue weighted by atomic mass is 10.2. The molecule has 0 saturated heterocycles. The van der Waals surface area contributed by atoms with E-state index in [1.165, 1.54) is 18.2 Å². The first-order valence-corrected chi connectivity index (χ1v) is 10.6. The minimum absolute atomic E-state index is 0.0621. The van der Waals surface area contributed by atoms with Gasteiger partial charge in [-0.25, -0.2) is 0 Å². The van der Waals surface area contributed by atoms with Crippen LogP contribution in [0.3, 0.4) is 0 Å². The van der Waals surface area contributed by atoms with Crippen molar-refractivity contribution >= 4 is 23.5 Å². The number of amidine groups is 1. The van der Waals surface area contributed by atoms with Crippen LogP contribution in [-0.4, -0.2) is 29.8 Å². The van der Waals surface area contributed by atoms with E-state index < -0.39 is 17.6 Å². The number of halogens is 3. The number of nitrogens with one attached hydrogen (secondary N) is 2. The topological polar surface area (TPSA) is 75.6 Å². The lowest BCUT2D eigenvalue weighted by Gasteiger charge is -2.14. The Kier molecular flexibility index (Phi) is 6.91. The summed E-state index contributed by atoms with van der Waals surface area (Å²) in [5.41, 5.74) is 0.612. The molecule has 2 aromatic carbocycles. The zero-order valence-electron chi connectivity index (χ0n) is 18.0. The predicted molar refractivity (Wildman–Crippen MR) is 124 cm³/mol. The highest BCUT2D eigenvalue weighted by atomic mass is 19.4. The van der Waals surface area contributed by atoms with E-state index in [4.69, 9.17) is 4.74 Å². The number of ether oxygens (including phenoxy) is 1. The van der Waals surface area contributed by atoms with Crippen LogP contribution >= 0.6 is 0 Å². The van der Waals surface area contributed by atoms with Gasteiger partial charge in [0.05, 0.1) is 5.56 Å². The number of nitrogens with zero attached hydrogens (tertiary/aromatic N) is 2. The highest BCUT2D eigenvalue weighted by Crippen LogP contribution is 2.30. The molecule has 2 heterocycles. The maximum Gasteiger partial charge on any atom is 0.416 e. The first-order chi connectivity index (χ1) is 16.4. The van der Waals surface area contributed by atoms with Crippen molar-refractivity contribution < 1.29 is 22.7 Å². The number of carbonyl (C=O) groups is 1. The Labute approximate surface area is 194 Å². The third-order valence-corrected chi connectivity index (χ3v) is 4.85. The Morgan fingerprint density at radius 3 is 2.68 bits per heavy atom. The number of carbonyl (C=O) groups excluding carboxylic acids is 1. The summed E-state index contributed by atoms with van der Waals surface area (Å²) in [6.07, 6.45) is 0.946. The average molecular weight is 466 g/mol. The molecule has 4 rings (SSSR count). The van der Waals surface area contributed by atoms with Crippen LogP contribution in [0, 0.1) is 0 Å². The molecule has 3 aromatic rings. The van der Waals surface area contributed by atoms with Gasteiger partial charge in [-0.2, -0.15) is 13.2 Å². The number of amides is 1. The molecule has 0 spiro atoms. The molecule has 2 N–H and O–H groups in total. The van der Waals surface area contributed by atoms with Crippen molar-refractivity contribution in [1.29, 1.82) is 0 Å². The van der Waals surface area contributed by atoms with Gasteiger partial charge in [0.25, 0.3) is 0 Å². The zero-order valence-corrected chi connectivity index (χ0v) is 18.0. The van der Waals surface area contributed by atoms with Crippen LogP contribution in [0.15, 0.2) is 77.9 Å². The summed E-state index contributed by atoms with van der Waals surface area (Å²) in [7, 11) is 0. The standard InChI is InChI=1S/C25H21F3N4O2/c26-25(27,28)18-5-2-6-19(15-18)32-23(33)9-8-17-4-1-7-20(14-17)34-21-10-13-29-22(16-21)24-30-11-3-12-31-24/h1-2,4-10,13-16H,3,11-12H2,(H,30,31)(H,32,33). The van der Waals surface area contributed by atoms with Crippen LogP contribution in [-0.2, 0) is 11.0 Å². The first kappa shape index (κ1) is 23.0. The number of pyridine rings is 1. The van der Waals surface area contributed by atoms with Gasteiger partial charge in [0.1, 0.15) is 23.0 Å². The number of rotatable bonds is 6. The molecule has 1 aliphatic heterocycles. The molecule has 0 aliphatic carbocycles. The van der Waals surface area contributed by atoms with Crippen molar-refractivity contribution in [3.05, 3.63) is 89.8 Å². The maximum atomic E-state index is 12.8. The van der Waals surface area contributed by atoms with Gasteiger partial charge in [0, 0.05) is 37.1 Å². The largest absolute Gasteiger partial charge is 0.457 e. The number of alkyl halides is 3. The Morgan fingerprint density at radius 2 is 1.88 bits per heavy atom. The minimum atomic E-state index is -4.48. The third kappa shape index (κ3) is 6.22. The monoisotopic (exact) mass is 466 g/mol. The van der Waals surface area contributed by atoms with Crippen molar-refractivity contribution in [2.75, 3.05) is 18.4 Å². The van der Waals surface area contributed by atoms with Gasteiger partial charge < -0.3 is 15.4 Å². The molecule has 1 aromatic heterocycles. The van der Waals surface area contributed by atoms with Gasteiger partial charge >= 0.3 is 6.18 Å². The lowest BCUT2D eigenvalue weighted by Crippen LogP contribution is -2.30. The number of hydrogen-bond donors (Lipinski definition) is 2. The molecule has 34 heavy (non-hydrogen) atoms. The molecule has 0 radical (unpaired) electrons. The van der Waals surface area contributed by atoms with Crippen LogP contribution in [0.1, 0.15) is 23.2 Å². The van der Waals surface area contributed by atoms with Crippen molar-refractivity contribution in [2.24, 2.45) is 4.99 Å². The molecule has 174 valence electrons. The van der Waals surface area contributed by atoms with Crippen LogP contribution in [0.5, 0.6) is 11.5 Å². The number of aromatic nitrogens is 1. The van der Waals surface area contributed by atoms with Crippen LogP contribution < -0.4 is 15.4 Å². The summed E-state index contributed by atoms with van der Waals surface area (Å²) in [5.74, 6) is 1.32. The fourth-order valence-corrected chi connectivity index (χ4v) is 3.26. The van der Waals surface area contributed by atoms with Gasteiger partial charge in [-0.3, -0.25) is 14.8 Å². The fourth-order valence-electron chi connectivity index (χ4n) is 3.26. The predicted octanol–water partition coefficient (Wildman–Crippen LogP) is 5.28. The van der Waals surface area contributed by atoms with Crippen molar-refractivity contribution in [3.63, 3.8) is 0 Å². The molecular weight excluding hydrogens is 445 g/mol. The molecule has 0 unspecified atom stereocenters. The maximum absolute atomic E-state index is 12.8. The lowest BCUT2D eigenvalue weighted by molar-refractivity contribution is -0.137. The van der Waals surface area contributed by atoms with Gasteiger partial charge in [0.15, 0.2) is 0 Å². The van der Waals surface area contributed by atoms with E-state index in [1.54, 1.807) is 48.7 Å². The molecule has 6 nitrogen and oxygen atoms in total. The van der Waals surface area contributed by atoms with E-state index >= 15 is 0 Å². The van der Waals surface area contributed by atoms with Crippen molar-refractivity contribution in [1.82, 2.24) is 10.3 Å². The average Bonchev–Trinajstić information content (AvgIpc) is 2.83. The van der Waals surface area contributed by atoms with E-state index in [0.29, 0.717) is 22.8 Å². The quantitative estimate of drug-likeness (QED) is 0.485. The highest BCUT2D eigenvalue weighted by molar-refractivity contribution is 6.02. The normalized spacial score (nSPS) is 13.8. The second-order valence-corrected chi connectivity index (χ2v) is 7.46. The molecular formula is C25H21F3N4O2. The molecule has 1 amide bonds. The number of aliphatic imine (C=N–C) groups is 1.